The van der Waals surface area contributed by atoms with Gasteiger partial charge in [-0.05, 0) is 111 Å². The van der Waals surface area contributed by atoms with E-state index >= 15 is 0 Å². The molecule has 1 unspecified atom stereocenters. The molecule has 15 nitrogen and oxygen atoms in total. The zero-order valence-electron chi connectivity index (χ0n) is 30.8. The van der Waals surface area contributed by atoms with Gasteiger partial charge in [0.05, 0.1) is 45.3 Å². The summed E-state index contributed by atoms with van der Waals surface area (Å²) in [5.41, 5.74) is 17.5. The quantitative estimate of drug-likeness (QED) is 0.0883. The summed E-state index contributed by atoms with van der Waals surface area (Å²) in [6, 6.07) is 28.2. The molecule has 1 saturated carbocycles. The molecule has 1 amide bonds. The van der Waals surface area contributed by atoms with E-state index in [1.165, 1.54) is 34.3 Å². The molecule has 1 atom stereocenters. The zero-order chi connectivity index (χ0) is 39.8. The van der Waals surface area contributed by atoms with E-state index in [1.807, 2.05) is 30.3 Å². The third-order valence-electron chi connectivity index (χ3n) is 9.58. The minimum Gasteiger partial charge on any atom is -0.477 e. The first-order valence-corrected chi connectivity index (χ1v) is 18.1. The topological polar surface area (TPSA) is 218 Å². The Hall–Kier alpha value is -7.33. The lowest BCUT2D eigenvalue weighted by atomic mass is 9.97. The molecule has 9 rings (SSSR count). The van der Waals surface area contributed by atoms with E-state index < -0.39 is 17.7 Å². The molecule has 1 fully saturated rings. The van der Waals surface area contributed by atoms with Crippen LogP contribution in [0.2, 0.25) is 0 Å². The number of nitrogens with one attached hydrogen (secondary N) is 2. The number of carboxylic acid groups (broad SMARTS) is 1. The first-order valence-electron chi connectivity index (χ1n) is 18.1. The average Bonchev–Trinajstić information content (AvgIpc) is 3.44. The predicted molar refractivity (Wildman–Crippen MR) is 224 cm³/mol. The summed E-state index contributed by atoms with van der Waals surface area (Å²) in [5, 5.41) is 32.9. The number of carbonyl (C=O) groups excluding carboxylic acids is 1. The Kier molecular flexibility index (Phi) is 11.9. The van der Waals surface area contributed by atoms with Gasteiger partial charge in [0.25, 0.3) is 5.91 Å². The summed E-state index contributed by atoms with van der Waals surface area (Å²) in [4.78, 5) is 24.6. The molecule has 304 valence electrons. The molecule has 4 aromatic carbocycles. The molecule has 0 aliphatic heterocycles. The maximum absolute atomic E-state index is 15.0. The van der Waals surface area contributed by atoms with E-state index in [0.29, 0.717) is 50.6 Å². The van der Waals surface area contributed by atoms with Gasteiger partial charge in [-0.25, -0.2) is 18.5 Å². The van der Waals surface area contributed by atoms with Crippen LogP contribution < -0.4 is 22.1 Å². The number of nitrogens with two attached hydrogens (primary N) is 2. The summed E-state index contributed by atoms with van der Waals surface area (Å²) in [6.07, 6.45) is 2.45. The molecule has 4 aromatic heterocycles. The van der Waals surface area contributed by atoms with Crippen LogP contribution in [-0.4, -0.2) is 53.4 Å². The van der Waals surface area contributed by atoms with Gasteiger partial charge in [0.1, 0.15) is 11.5 Å². The van der Waals surface area contributed by atoms with Crippen LogP contribution in [0, 0.1) is 25.6 Å². The predicted octanol–water partition coefficient (Wildman–Crippen LogP) is 8.26. The summed E-state index contributed by atoms with van der Waals surface area (Å²) >= 11 is 0. The number of carboxylic acids is 1. The third kappa shape index (κ3) is 8.67. The molecule has 7 N–H and O–H groups in total. The highest BCUT2D eigenvalue weighted by molar-refractivity contribution is 6.04. The van der Waals surface area contributed by atoms with Crippen molar-refractivity contribution in [3.8, 4) is 11.4 Å². The molecule has 4 heterocycles. The van der Waals surface area contributed by atoms with Crippen LogP contribution in [-0.2, 0) is 0 Å². The van der Waals surface area contributed by atoms with Crippen molar-refractivity contribution in [1.82, 2.24) is 35.2 Å². The molecular weight excluding hydrogens is 756 g/mol. The number of nitrogens with zero attached hydrogens (tertiary/aromatic N) is 6. The number of hydrogen-bond acceptors (Lipinski definition) is 11. The number of benzene rings is 4. The zero-order valence-corrected chi connectivity index (χ0v) is 30.8. The van der Waals surface area contributed by atoms with Crippen LogP contribution in [0.1, 0.15) is 77.2 Å². The monoisotopic (exact) mass is 800 g/mol. The summed E-state index contributed by atoms with van der Waals surface area (Å²) in [7, 11) is 0. The standard InChI is InChI=1S/C29H27FN6O2.C12H10N4O3.2CH4/c1-17-13-25(36(34-17)21-10-12-26-22(15-21)28(31)35-38-26)29(37)33-24-14-20(9-11-23(24)30)27(32-16-18-7-8-18)19-5-3-2-4-6-19;1-6-4-9(12(17)18)16(14-6)7-2-3-10-8(5-7)11(13)15-19-10;;/h2-6,9-15,18,27,32H,7-8,16H2,1H3,(H2,31,35)(H,33,37);2-5H,1H3,(H2,13,15)(H,17,18);2*1H4. The Bertz CT molecular complexity index is 2770. The number of aryl methyl sites for hydroxylation is 2. The van der Waals surface area contributed by atoms with E-state index in [1.54, 1.807) is 68.4 Å². The van der Waals surface area contributed by atoms with Gasteiger partial charge in [-0.15, -0.1) is 0 Å². The minimum atomic E-state index is -1.04. The second kappa shape index (κ2) is 17.0. The van der Waals surface area contributed by atoms with Crippen molar-refractivity contribution < 1.29 is 28.1 Å². The molecule has 1 aliphatic rings. The van der Waals surface area contributed by atoms with Crippen molar-refractivity contribution in [1.29, 1.82) is 0 Å². The normalized spacial score (nSPS) is 12.6. The molecule has 0 bridgehead atoms. The van der Waals surface area contributed by atoms with Crippen molar-refractivity contribution in [3.05, 3.63) is 137 Å². The van der Waals surface area contributed by atoms with Gasteiger partial charge in [-0.2, -0.15) is 10.2 Å². The molecule has 1 aliphatic carbocycles. The van der Waals surface area contributed by atoms with Crippen molar-refractivity contribution in [2.45, 2.75) is 47.6 Å². The highest BCUT2D eigenvalue weighted by atomic mass is 19.1. The van der Waals surface area contributed by atoms with E-state index in [9.17, 15) is 14.0 Å². The molecule has 59 heavy (non-hydrogen) atoms. The number of carbonyl (C=O) groups is 2. The van der Waals surface area contributed by atoms with E-state index in [-0.39, 0.29) is 49.6 Å². The minimum absolute atomic E-state index is 0. The number of amides is 1. The number of halogens is 1. The van der Waals surface area contributed by atoms with Gasteiger partial charge >= 0.3 is 5.97 Å². The smallest absolute Gasteiger partial charge is 0.354 e. The molecule has 0 spiro atoms. The van der Waals surface area contributed by atoms with Crippen LogP contribution in [0.25, 0.3) is 33.3 Å². The number of aromatic carboxylic acids is 1. The Balaban J connectivity index is 0.000000235. The maximum atomic E-state index is 15.0. The Morgan fingerprint density at radius 2 is 1.34 bits per heavy atom. The first kappa shape index (κ1) is 41.3. The lowest BCUT2D eigenvalue weighted by molar-refractivity contribution is 0.0686. The average molecular weight is 801 g/mol. The van der Waals surface area contributed by atoms with Crippen molar-refractivity contribution in [2.24, 2.45) is 5.92 Å². The fourth-order valence-electron chi connectivity index (χ4n) is 6.55. The molecule has 16 heteroatoms. The van der Waals surface area contributed by atoms with Crippen molar-refractivity contribution in [2.75, 3.05) is 23.3 Å². The molecule has 0 saturated heterocycles. The Morgan fingerprint density at radius 1 is 0.780 bits per heavy atom. The highest BCUT2D eigenvalue weighted by Crippen LogP contribution is 2.32. The van der Waals surface area contributed by atoms with Gasteiger partial charge in [0.2, 0.25) is 0 Å². The summed E-state index contributed by atoms with van der Waals surface area (Å²) in [6.45, 7) is 4.41. The van der Waals surface area contributed by atoms with E-state index in [2.05, 4.69) is 31.1 Å². The first-order chi connectivity index (χ1) is 27.5. The van der Waals surface area contributed by atoms with Crippen LogP contribution in [0.4, 0.5) is 21.7 Å². The van der Waals surface area contributed by atoms with Crippen LogP contribution >= 0.6 is 0 Å². The fraction of sp³-hybridized carbons (Fsp3) is 0.209. The summed E-state index contributed by atoms with van der Waals surface area (Å²) in [5.74, 6) is -0.855. The van der Waals surface area contributed by atoms with Crippen LogP contribution in [0.5, 0.6) is 0 Å². The SMILES string of the molecule is C.C.Cc1cc(C(=O)Nc2cc(C(NCC3CC3)c3ccccc3)ccc2F)n(-c2ccc3onc(N)c3c2)n1.Cc1cc(C(=O)O)n(-c2ccc3onc(N)c3c2)n1. The second-order valence-corrected chi connectivity index (χ2v) is 13.9. The number of aromatic nitrogens is 6. The number of rotatable bonds is 10. The molecule has 0 radical (unpaired) electrons. The van der Waals surface area contributed by atoms with Gasteiger partial charge in [0.15, 0.2) is 28.5 Å². The lowest BCUT2D eigenvalue weighted by Gasteiger charge is -2.21. The number of anilines is 3. The van der Waals surface area contributed by atoms with Gasteiger partial charge < -0.3 is 36.3 Å². The van der Waals surface area contributed by atoms with E-state index in [4.69, 9.17) is 25.6 Å². The molecule has 8 aromatic rings. The largest absolute Gasteiger partial charge is 0.477 e. The van der Waals surface area contributed by atoms with Gasteiger partial charge in [0, 0.05) is 0 Å². The second-order valence-electron chi connectivity index (χ2n) is 13.9. The lowest BCUT2D eigenvalue weighted by Crippen LogP contribution is -2.25. The highest BCUT2D eigenvalue weighted by Gasteiger charge is 2.25. The van der Waals surface area contributed by atoms with Gasteiger partial charge in [-0.3, -0.25) is 4.79 Å². The number of nitrogen functional groups attached to an aromatic ring is 2. The Morgan fingerprint density at radius 3 is 1.90 bits per heavy atom. The van der Waals surface area contributed by atoms with E-state index in [0.717, 1.165) is 17.7 Å². The van der Waals surface area contributed by atoms with Crippen molar-refractivity contribution >= 4 is 51.1 Å². The third-order valence-corrected chi connectivity index (χ3v) is 9.58. The Labute approximate surface area is 338 Å². The van der Waals surface area contributed by atoms with Crippen LogP contribution in [0.15, 0.2) is 106 Å². The summed E-state index contributed by atoms with van der Waals surface area (Å²) < 4.78 is 28.0. The fourth-order valence-corrected chi connectivity index (χ4v) is 6.55. The van der Waals surface area contributed by atoms with Crippen molar-refractivity contribution in [3.63, 3.8) is 0 Å². The number of fused-ring (bicyclic) bond motifs is 2. The molecular formula is C43H45FN10O5. The van der Waals surface area contributed by atoms with Gasteiger partial charge in [-0.1, -0.05) is 61.6 Å². The van der Waals surface area contributed by atoms with Crippen LogP contribution in [0.3, 0.4) is 0 Å². The maximum Gasteiger partial charge on any atom is 0.354 e. The number of hydrogen-bond donors (Lipinski definition) is 5.